The first kappa shape index (κ1) is 51.6. The van der Waals surface area contributed by atoms with Crippen molar-refractivity contribution in [3.63, 3.8) is 0 Å². The van der Waals surface area contributed by atoms with Crippen molar-refractivity contribution in [1.29, 1.82) is 0 Å². The fraction of sp³-hybridized carbons (Fsp3) is 0.766. The van der Waals surface area contributed by atoms with Crippen LogP contribution in [-0.2, 0) is 30.4 Å². The Morgan fingerprint density at radius 2 is 0.579 bits per heavy atom. The molecule has 0 aromatic heterocycles. The summed E-state index contributed by atoms with van der Waals surface area (Å²) >= 11 is 0. The summed E-state index contributed by atoms with van der Waals surface area (Å²) in [7, 11) is 0. The summed E-state index contributed by atoms with van der Waals surface area (Å²) in [6.45, 7) is 0. The molecule has 0 radical (unpaired) electrons. The molecule has 0 heterocycles. The first-order valence-corrected chi connectivity index (χ1v) is 22.6. The molecule has 0 fully saturated rings. The second-order valence-corrected chi connectivity index (χ2v) is 16.7. The number of carbonyl (C=O) groups is 5. The highest BCUT2D eigenvalue weighted by Crippen LogP contribution is 2.53. The summed E-state index contributed by atoms with van der Waals surface area (Å²) in [4.78, 5) is 59.8. The molecule has 1 unspecified atom stereocenters. The van der Waals surface area contributed by atoms with Gasteiger partial charge in [-0.25, -0.2) is 0 Å². The van der Waals surface area contributed by atoms with E-state index in [4.69, 9.17) is 15.3 Å². The van der Waals surface area contributed by atoms with E-state index in [9.17, 15) is 34.2 Å². The topological polar surface area (TPSA) is 186 Å². The van der Waals surface area contributed by atoms with Crippen LogP contribution in [0.25, 0.3) is 0 Å². The monoisotopic (exact) mass is 803 g/mol. The molecule has 0 spiro atoms. The Kier molecular flexibility index (Phi) is 29.4. The summed E-state index contributed by atoms with van der Waals surface area (Å²) < 4.78 is 0. The number of rotatable bonds is 41. The predicted molar refractivity (Wildman–Crippen MR) is 226 cm³/mol. The predicted octanol–water partition coefficient (Wildman–Crippen LogP) is 12.5. The number of hydrogen-bond donors (Lipinski definition) is 5. The molecule has 326 valence electrons. The van der Waals surface area contributed by atoms with Crippen LogP contribution >= 0.6 is 0 Å². The van der Waals surface area contributed by atoms with E-state index < -0.39 is 40.7 Å². The average Bonchev–Trinajstić information content (AvgIpc) is 3.16. The van der Waals surface area contributed by atoms with Crippen LogP contribution in [0.15, 0.2) is 30.3 Å². The highest BCUT2D eigenvalue weighted by molar-refractivity contribution is 5.87. The summed E-state index contributed by atoms with van der Waals surface area (Å²) in [5, 5.41) is 49.1. The van der Waals surface area contributed by atoms with E-state index in [1.165, 1.54) is 0 Å². The maximum Gasteiger partial charge on any atom is 0.311 e. The molecular weight excluding hydrogens is 725 g/mol. The molecule has 0 bridgehead atoms. The molecule has 1 atom stereocenters. The minimum Gasteiger partial charge on any atom is -0.481 e. The highest BCUT2D eigenvalue weighted by atomic mass is 16.4. The summed E-state index contributed by atoms with van der Waals surface area (Å²) in [5.41, 5.74) is -2.03. The fourth-order valence-electron chi connectivity index (χ4n) is 8.67. The molecule has 57 heavy (non-hydrogen) atoms. The number of benzene rings is 1. The van der Waals surface area contributed by atoms with Crippen molar-refractivity contribution in [2.24, 2.45) is 10.8 Å². The maximum atomic E-state index is 13.8. The zero-order chi connectivity index (χ0) is 42.0. The van der Waals surface area contributed by atoms with Crippen molar-refractivity contribution in [3.8, 4) is 0 Å². The molecule has 0 saturated heterocycles. The Labute approximate surface area is 343 Å². The SMILES string of the molecule is O=C(O)CCCCCCCCCCCC(CCCCCCCCCCCC(=O)O)(C(=O)O)C(CCCCCCCCCCCC(=O)O)(Cc1ccccc1)C(=O)O. The molecule has 10 nitrogen and oxygen atoms in total. The lowest BCUT2D eigenvalue weighted by Crippen LogP contribution is -2.54. The Hall–Kier alpha value is -3.43. The van der Waals surface area contributed by atoms with Gasteiger partial charge in [0.05, 0.1) is 10.8 Å². The lowest BCUT2D eigenvalue weighted by Gasteiger charge is -2.46. The highest BCUT2D eigenvalue weighted by Gasteiger charge is 2.59. The van der Waals surface area contributed by atoms with Gasteiger partial charge in [0.25, 0.3) is 0 Å². The zero-order valence-corrected chi connectivity index (χ0v) is 35.2. The minimum atomic E-state index is -1.46. The number of carboxylic acid groups (broad SMARTS) is 5. The van der Waals surface area contributed by atoms with Crippen LogP contribution in [0.3, 0.4) is 0 Å². The van der Waals surface area contributed by atoms with Gasteiger partial charge in [-0.05, 0) is 50.5 Å². The van der Waals surface area contributed by atoms with Gasteiger partial charge in [0.2, 0.25) is 0 Å². The molecule has 1 aromatic rings. The second kappa shape index (κ2) is 32.5. The van der Waals surface area contributed by atoms with Crippen molar-refractivity contribution in [2.75, 3.05) is 0 Å². The molecule has 10 heteroatoms. The van der Waals surface area contributed by atoms with Gasteiger partial charge in [-0.3, -0.25) is 24.0 Å². The zero-order valence-electron chi connectivity index (χ0n) is 35.2. The average molecular weight is 803 g/mol. The lowest BCUT2D eigenvalue weighted by atomic mass is 9.54. The number of carboxylic acids is 5. The largest absolute Gasteiger partial charge is 0.481 e. The van der Waals surface area contributed by atoms with Gasteiger partial charge in [0.1, 0.15) is 0 Å². The van der Waals surface area contributed by atoms with Crippen LogP contribution in [0.4, 0.5) is 0 Å². The van der Waals surface area contributed by atoms with Gasteiger partial charge in [-0.15, -0.1) is 0 Å². The van der Waals surface area contributed by atoms with Gasteiger partial charge in [0.15, 0.2) is 0 Å². The third kappa shape index (κ3) is 23.5. The molecule has 0 amide bonds. The smallest absolute Gasteiger partial charge is 0.311 e. The Balaban J connectivity index is 3.03. The van der Waals surface area contributed by atoms with Gasteiger partial charge in [-0.2, -0.15) is 0 Å². The van der Waals surface area contributed by atoms with E-state index in [2.05, 4.69) is 0 Å². The first-order chi connectivity index (χ1) is 27.5. The standard InChI is InChI=1S/C47H78O10/c48-41(49)33-25-16-10-4-1-7-13-19-28-36-46(44(54)55,37-29-20-14-8-2-5-11-17-26-34-42(50)51)47(45(56)57,39-40-31-23-22-24-32-40)38-30-21-15-9-3-6-12-18-27-35-43(52)53/h22-24,31-32H,1-21,25-30,33-39H2,(H,48,49)(H,50,51)(H,52,53)(H,54,55)(H,56,57). The van der Waals surface area contributed by atoms with Crippen LogP contribution in [0.1, 0.15) is 217 Å². The van der Waals surface area contributed by atoms with Crippen LogP contribution in [0, 0.1) is 10.8 Å². The van der Waals surface area contributed by atoms with E-state index in [1.54, 1.807) is 0 Å². The Bertz CT molecular complexity index is 1200. The van der Waals surface area contributed by atoms with Crippen molar-refractivity contribution < 1.29 is 49.5 Å². The molecule has 1 aromatic carbocycles. The Morgan fingerprint density at radius 3 is 0.842 bits per heavy atom. The number of hydrogen-bond acceptors (Lipinski definition) is 5. The summed E-state index contributed by atoms with van der Waals surface area (Å²) in [5.74, 6) is -4.27. The minimum absolute atomic E-state index is 0.176. The Morgan fingerprint density at radius 1 is 0.333 bits per heavy atom. The summed E-state index contributed by atoms with van der Waals surface area (Å²) in [6.07, 6.45) is 26.4. The van der Waals surface area contributed by atoms with Crippen molar-refractivity contribution >= 4 is 29.8 Å². The van der Waals surface area contributed by atoms with Gasteiger partial charge in [0, 0.05) is 19.3 Å². The molecular formula is C47H78O10. The van der Waals surface area contributed by atoms with E-state index in [0.717, 1.165) is 140 Å². The normalized spacial score (nSPS) is 12.6. The number of aliphatic carboxylic acids is 5. The van der Waals surface area contributed by atoms with E-state index in [-0.39, 0.29) is 25.7 Å². The van der Waals surface area contributed by atoms with E-state index in [0.29, 0.717) is 57.8 Å². The van der Waals surface area contributed by atoms with Crippen LogP contribution in [0.5, 0.6) is 0 Å². The van der Waals surface area contributed by atoms with Gasteiger partial charge in [-0.1, -0.05) is 184 Å². The quantitative estimate of drug-likeness (QED) is 0.0399. The maximum absolute atomic E-state index is 13.8. The fourth-order valence-corrected chi connectivity index (χ4v) is 8.67. The molecule has 0 aliphatic carbocycles. The molecule has 0 saturated carbocycles. The molecule has 1 rings (SSSR count). The van der Waals surface area contributed by atoms with E-state index in [1.807, 2.05) is 30.3 Å². The number of unbranched alkanes of at least 4 members (excludes halogenated alkanes) is 24. The van der Waals surface area contributed by atoms with Crippen LogP contribution in [0.2, 0.25) is 0 Å². The van der Waals surface area contributed by atoms with E-state index >= 15 is 0 Å². The lowest BCUT2D eigenvalue weighted by molar-refractivity contribution is -0.178. The first-order valence-electron chi connectivity index (χ1n) is 22.6. The van der Waals surface area contributed by atoms with Gasteiger partial charge < -0.3 is 25.5 Å². The molecule has 5 N–H and O–H groups in total. The van der Waals surface area contributed by atoms with Crippen molar-refractivity contribution in [3.05, 3.63) is 35.9 Å². The van der Waals surface area contributed by atoms with Crippen molar-refractivity contribution in [1.82, 2.24) is 0 Å². The third-order valence-electron chi connectivity index (χ3n) is 12.1. The van der Waals surface area contributed by atoms with Crippen LogP contribution in [-0.4, -0.2) is 55.4 Å². The molecule has 0 aliphatic heterocycles. The molecule has 0 aliphatic rings. The van der Waals surface area contributed by atoms with Crippen molar-refractivity contribution in [2.45, 2.75) is 218 Å². The van der Waals surface area contributed by atoms with Gasteiger partial charge >= 0.3 is 29.8 Å². The second-order valence-electron chi connectivity index (χ2n) is 16.7. The third-order valence-corrected chi connectivity index (χ3v) is 12.1. The van der Waals surface area contributed by atoms with Crippen LogP contribution < -0.4 is 0 Å². The summed E-state index contributed by atoms with van der Waals surface area (Å²) in [6, 6.07) is 9.53.